The summed E-state index contributed by atoms with van der Waals surface area (Å²) >= 11 is 0. The molecule has 0 spiro atoms. The molecule has 0 N–H and O–H groups in total. The smallest absolute Gasteiger partial charge is 0.309 e. The Kier molecular flexibility index (Phi) is 8.91. The number of fused-ring (bicyclic) bond motifs is 6. The fourth-order valence-electron chi connectivity index (χ4n) is 9.50. The van der Waals surface area contributed by atoms with Gasteiger partial charge in [0.1, 0.15) is 6.07 Å². The van der Waals surface area contributed by atoms with Crippen LogP contribution in [0.2, 0.25) is 0 Å². The third-order valence-corrected chi connectivity index (χ3v) is 11.9. The molecule has 0 unspecified atom stereocenters. The van der Waals surface area contributed by atoms with Crippen molar-refractivity contribution in [3.05, 3.63) is 196 Å². The second-order valence-corrected chi connectivity index (χ2v) is 16.2. The minimum absolute atomic E-state index is 0.144. The van der Waals surface area contributed by atoms with Gasteiger partial charge in [0, 0.05) is 27.1 Å². The molecule has 0 atom stereocenters. The molecule has 0 aliphatic heterocycles. The zero-order valence-electron chi connectivity index (χ0n) is 34.4. The maximum Gasteiger partial charge on any atom is 0.415 e. The van der Waals surface area contributed by atoms with Crippen LogP contribution in [0.25, 0.3) is 93.2 Å². The molecule has 0 saturated carbocycles. The second-order valence-electron chi connectivity index (χ2n) is 16.2. The monoisotopic (exact) mass is 810 g/mol. The molecule has 0 aliphatic rings. The Morgan fingerprint density at radius 1 is 0.500 bits per heavy atom. The summed E-state index contributed by atoms with van der Waals surface area (Å²) < 4.78 is 49.8. The number of aryl methyl sites for hydroxylation is 4. The van der Waals surface area contributed by atoms with Gasteiger partial charge in [0.2, 0.25) is 0 Å². The molecular formula is C55H37F3N4. The van der Waals surface area contributed by atoms with E-state index in [1.165, 1.54) is 12.1 Å². The molecule has 0 bridgehead atoms. The molecule has 62 heavy (non-hydrogen) atoms. The van der Waals surface area contributed by atoms with Gasteiger partial charge in [-0.1, -0.05) is 125 Å². The van der Waals surface area contributed by atoms with Gasteiger partial charge in [-0.3, -0.25) is 0 Å². The van der Waals surface area contributed by atoms with Crippen LogP contribution in [0.15, 0.2) is 152 Å². The summed E-state index contributed by atoms with van der Waals surface area (Å²) in [4.78, 5) is 3.68. The quantitative estimate of drug-likeness (QED) is 0.160. The number of aromatic nitrogens is 2. The number of hydrogen-bond donors (Lipinski definition) is 0. The molecule has 0 radical (unpaired) electrons. The Morgan fingerprint density at radius 3 is 1.47 bits per heavy atom. The van der Waals surface area contributed by atoms with E-state index in [0.29, 0.717) is 11.4 Å². The van der Waals surface area contributed by atoms with Crippen LogP contribution >= 0.6 is 0 Å². The van der Waals surface area contributed by atoms with Crippen LogP contribution < -0.4 is 0 Å². The highest BCUT2D eigenvalue weighted by Crippen LogP contribution is 2.48. The number of rotatable bonds is 5. The largest absolute Gasteiger partial charge is 0.415 e. The van der Waals surface area contributed by atoms with Crippen molar-refractivity contribution in [3.8, 4) is 50.8 Å². The number of benzene rings is 8. The highest BCUT2D eigenvalue weighted by molar-refractivity contribution is 6.13. The maximum absolute atomic E-state index is 15.3. The van der Waals surface area contributed by atoms with Crippen LogP contribution in [0.4, 0.5) is 18.9 Å². The van der Waals surface area contributed by atoms with Gasteiger partial charge in [-0.05, 0) is 104 Å². The van der Waals surface area contributed by atoms with E-state index in [4.69, 9.17) is 6.57 Å². The van der Waals surface area contributed by atoms with E-state index in [1.807, 2.05) is 81.9 Å². The van der Waals surface area contributed by atoms with E-state index >= 15 is 13.2 Å². The molecule has 2 aromatic heterocycles. The van der Waals surface area contributed by atoms with Crippen molar-refractivity contribution in [1.82, 2.24) is 9.13 Å². The minimum Gasteiger partial charge on any atom is -0.309 e. The van der Waals surface area contributed by atoms with Gasteiger partial charge in [0.15, 0.2) is 5.69 Å². The second kappa shape index (κ2) is 14.4. The summed E-state index contributed by atoms with van der Waals surface area (Å²) in [6.07, 6.45) is -4.79. The Balaban J connectivity index is 1.31. The van der Waals surface area contributed by atoms with Crippen molar-refractivity contribution in [2.75, 3.05) is 0 Å². The van der Waals surface area contributed by atoms with Crippen LogP contribution in [-0.2, 0) is 6.18 Å². The number of nitrogens with zero attached hydrogens (tertiary/aromatic N) is 4. The lowest BCUT2D eigenvalue weighted by Gasteiger charge is -2.22. The fraction of sp³-hybridized carbons (Fsp3) is 0.0909. The lowest BCUT2D eigenvalue weighted by Crippen LogP contribution is -2.09. The molecule has 7 heteroatoms. The first kappa shape index (κ1) is 38.3. The molecular weight excluding hydrogens is 774 g/mol. The first-order valence-corrected chi connectivity index (χ1v) is 20.3. The first-order chi connectivity index (χ1) is 29.9. The molecule has 0 saturated heterocycles. The van der Waals surface area contributed by atoms with E-state index in [-0.39, 0.29) is 22.4 Å². The number of nitriles is 1. The molecule has 10 aromatic rings. The lowest BCUT2D eigenvalue weighted by atomic mass is 9.93. The Bertz CT molecular complexity index is 3550. The van der Waals surface area contributed by atoms with E-state index in [1.54, 1.807) is 12.1 Å². The van der Waals surface area contributed by atoms with E-state index in [2.05, 4.69) is 87.1 Å². The van der Waals surface area contributed by atoms with Gasteiger partial charge in [-0.15, -0.1) is 0 Å². The average Bonchev–Trinajstić information content (AvgIpc) is 3.76. The van der Waals surface area contributed by atoms with Crippen molar-refractivity contribution < 1.29 is 13.2 Å². The van der Waals surface area contributed by atoms with Gasteiger partial charge in [-0.2, -0.15) is 18.4 Å². The molecule has 4 nitrogen and oxygen atoms in total. The van der Waals surface area contributed by atoms with Crippen LogP contribution in [0, 0.1) is 45.6 Å². The van der Waals surface area contributed by atoms with Crippen LogP contribution in [-0.4, -0.2) is 9.13 Å². The molecule has 8 aromatic carbocycles. The third-order valence-electron chi connectivity index (χ3n) is 11.9. The predicted molar refractivity (Wildman–Crippen MR) is 246 cm³/mol. The Morgan fingerprint density at radius 2 is 0.984 bits per heavy atom. The zero-order chi connectivity index (χ0) is 43.0. The van der Waals surface area contributed by atoms with E-state index in [0.717, 1.165) is 94.2 Å². The molecule has 0 aliphatic carbocycles. The number of para-hydroxylation sites is 2. The van der Waals surface area contributed by atoms with Gasteiger partial charge in [0.05, 0.1) is 51.1 Å². The highest BCUT2D eigenvalue weighted by atomic mass is 19.4. The standard InChI is InChI=1S/C55H37F3N4/c1-32-21-33(2)24-38(23-32)36-17-19-50-43(27-36)41-11-6-8-15-48(41)61(50)52-30-45(54-46(55(56,57)58)13-10-14-47(54)60-5)53(29-40(52)31-59)62-49-16-9-7-12-42(49)44-28-37(18-20-51(44)62)39-25-34(3)22-35(4)26-39/h6-30H,1-4H3. The molecule has 298 valence electrons. The summed E-state index contributed by atoms with van der Waals surface area (Å²) in [6.45, 7) is 16.5. The highest BCUT2D eigenvalue weighted by Gasteiger charge is 2.36. The van der Waals surface area contributed by atoms with Crippen LogP contribution in [0.5, 0.6) is 0 Å². The predicted octanol–water partition coefficient (Wildman–Crippen LogP) is 15.6. The number of halogens is 3. The summed E-state index contributed by atoms with van der Waals surface area (Å²) in [6, 6.07) is 50.5. The Hall–Kier alpha value is -7.87. The van der Waals surface area contributed by atoms with Crippen molar-refractivity contribution in [3.63, 3.8) is 0 Å². The fourth-order valence-corrected chi connectivity index (χ4v) is 9.50. The molecule has 2 heterocycles. The SMILES string of the molecule is [C-]#[N+]c1cccc(C(F)(F)F)c1-c1cc(-n2c3ccccc3c3cc(-c4cc(C)cc(C)c4)ccc32)c(C#N)cc1-n1c2ccccc2c2cc(-c3cc(C)cc(C)c3)ccc21. The van der Waals surface area contributed by atoms with E-state index in [9.17, 15) is 5.26 Å². The van der Waals surface area contributed by atoms with Crippen molar-refractivity contribution in [2.45, 2.75) is 33.9 Å². The topological polar surface area (TPSA) is 38.0 Å². The number of alkyl halides is 3. The van der Waals surface area contributed by atoms with E-state index < -0.39 is 11.7 Å². The van der Waals surface area contributed by atoms with Crippen molar-refractivity contribution >= 4 is 49.3 Å². The zero-order valence-corrected chi connectivity index (χ0v) is 34.4. The summed E-state index contributed by atoms with van der Waals surface area (Å²) in [5.74, 6) is 0. The van der Waals surface area contributed by atoms with Crippen molar-refractivity contribution in [2.24, 2.45) is 0 Å². The number of hydrogen-bond acceptors (Lipinski definition) is 1. The summed E-state index contributed by atoms with van der Waals surface area (Å²) in [5, 5.41) is 14.8. The molecule has 0 amide bonds. The van der Waals surface area contributed by atoms with Crippen LogP contribution in [0.1, 0.15) is 33.4 Å². The summed E-state index contributed by atoms with van der Waals surface area (Å²) in [5.41, 5.74) is 11.7. The van der Waals surface area contributed by atoms with Gasteiger partial charge in [0.25, 0.3) is 0 Å². The minimum atomic E-state index is -4.79. The van der Waals surface area contributed by atoms with Gasteiger partial charge in [-0.25, -0.2) is 4.85 Å². The maximum atomic E-state index is 15.3. The van der Waals surface area contributed by atoms with Crippen molar-refractivity contribution in [1.29, 1.82) is 5.26 Å². The van der Waals surface area contributed by atoms with Gasteiger partial charge < -0.3 is 9.13 Å². The summed E-state index contributed by atoms with van der Waals surface area (Å²) in [7, 11) is 0. The molecule has 0 fully saturated rings. The lowest BCUT2D eigenvalue weighted by molar-refractivity contribution is -0.137. The third kappa shape index (κ3) is 6.21. The van der Waals surface area contributed by atoms with Crippen LogP contribution in [0.3, 0.4) is 0 Å². The Labute approximate surface area is 356 Å². The average molecular weight is 811 g/mol. The normalized spacial score (nSPS) is 11.8. The molecule has 10 rings (SSSR count). The van der Waals surface area contributed by atoms with Gasteiger partial charge >= 0.3 is 6.18 Å². The first-order valence-electron chi connectivity index (χ1n) is 20.3.